The molecule has 2 N–H and O–H groups in total. The summed E-state index contributed by atoms with van der Waals surface area (Å²) in [5, 5.41) is 3.57. The fourth-order valence-electron chi connectivity index (χ4n) is 3.89. The van der Waals surface area contributed by atoms with Gasteiger partial charge in [-0.3, -0.25) is 18.9 Å². The van der Waals surface area contributed by atoms with Crippen LogP contribution < -0.4 is 20.3 Å². The second kappa shape index (κ2) is 17.0. The largest absolute Gasteiger partial charge is 0.480 e. The van der Waals surface area contributed by atoms with Crippen LogP contribution in [0.5, 0.6) is 5.88 Å². The molecule has 0 aliphatic heterocycles. The summed E-state index contributed by atoms with van der Waals surface area (Å²) in [6.45, 7) is 5.28. The number of aromatic nitrogens is 4. The average Bonchev–Trinajstić information content (AvgIpc) is 3.23. The van der Waals surface area contributed by atoms with Gasteiger partial charge in [-0.05, 0) is 37.6 Å². The summed E-state index contributed by atoms with van der Waals surface area (Å²) in [4.78, 5) is 37.9. The molecule has 11 nitrogen and oxygen atoms in total. The van der Waals surface area contributed by atoms with Crippen LogP contribution in [0.2, 0.25) is 0 Å². The molecule has 1 aromatic carbocycles. The number of nitrogens with zero attached hydrogens (tertiary/aromatic N) is 4. The van der Waals surface area contributed by atoms with Gasteiger partial charge in [-0.25, -0.2) is 23.4 Å². The third kappa shape index (κ3) is 8.78. The molecule has 1 atom stereocenters. The third-order valence-corrected chi connectivity index (χ3v) is 8.76. The molecule has 0 aliphatic carbocycles. The molecule has 0 aliphatic rings. The van der Waals surface area contributed by atoms with Gasteiger partial charge >= 0.3 is 0 Å². The van der Waals surface area contributed by atoms with Gasteiger partial charge in [0, 0.05) is 67.5 Å². The van der Waals surface area contributed by atoms with Gasteiger partial charge in [-0.1, -0.05) is 20.4 Å². The maximum Gasteiger partial charge on any atom is 0.273 e. The van der Waals surface area contributed by atoms with E-state index in [-0.39, 0.29) is 98.2 Å². The number of aryl methyl sites for hydroxylation is 2. The van der Waals surface area contributed by atoms with Gasteiger partial charge in [0.15, 0.2) is 4.21 Å². The quantitative estimate of drug-likeness (QED) is 0.250. The SMILES string of the molecule is C.CNC(=O)[C@@H](C)Cn1cnc2ccc(-c3cnc(OC)c(NS(=O)(=O)c4sc(C)nc4C)c3)cc2c1=O.[CH3-].[CH3-].[W].[W]. The monoisotopic (exact) mass is 956 g/mol. The molecule has 0 radical (unpaired) electrons. The van der Waals surface area contributed by atoms with E-state index in [9.17, 15) is 18.0 Å². The Kier molecular flexibility index (Phi) is 16.9. The molecule has 0 saturated carbocycles. The summed E-state index contributed by atoms with van der Waals surface area (Å²) in [6.07, 6.45) is 2.96. The van der Waals surface area contributed by atoms with E-state index in [0.717, 1.165) is 11.3 Å². The molecule has 1 amide bonds. The van der Waals surface area contributed by atoms with E-state index in [1.165, 1.54) is 24.2 Å². The maximum atomic E-state index is 13.2. The number of amides is 1. The number of hydrogen-bond donors (Lipinski definition) is 2. The topological polar surface area (TPSA) is 145 Å². The van der Waals surface area contributed by atoms with Crippen molar-refractivity contribution < 1.29 is 60.1 Å². The molecule has 15 heteroatoms. The van der Waals surface area contributed by atoms with Crippen molar-refractivity contribution in [3.8, 4) is 17.0 Å². The molecule has 0 spiro atoms. The van der Waals surface area contributed by atoms with E-state index in [2.05, 4.69) is 25.0 Å². The Morgan fingerprint density at radius 3 is 2.36 bits per heavy atom. The summed E-state index contributed by atoms with van der Waals surface area (Å²) >= 11 is 1.07. The second-order valence-corrected chi connectivity index (χ2v) is 11.5. The Hall–Kier alpha value is -2.46. The third-order valence-electron chi connectivity index (χ3n) is 5.72. The minimum atomic E-state index is -3.93. The van der Waals surface area contributed by atoms with Crippen molar-refractivity contribution in [2.24, 2.45) is 5.92 Å². The summed E-state index contributed by atoms with van der Waals surface area (Å²) in [7, 11) is -0.993. The van der Waals surface area contributed by atoms with Gasteiger partial charge in [0.05, 0.1) is 41.0 Å². The fourth-order valence-corrected chi connectivity index (χ4v) is 6.42. The van der Waals surface area contributed by atoms with Crippen molar-refractivity contribution >= 4 is 43.9 Å². The molecule has 0 fully saturated rings. The van der Waals surface area contributed by atoms with E-state index in [1.54, 1.807) is 52.1 Å². The van der Waals surface area contributed by atoms with Crippen LogP contribution in [0.1, 0.15) is 25.1 Å². The molecule has 0 saturated heterocycles. The smallest absolute Gasteiger partial charge is 0.273 e. The summed E-state index contributed by atoms with van der Waals surface area (Å²) in [5.74, 6) is -0.500. The number of methoxy groups -OCH3 is 1. The van der Waals surface area contributed by atoms with Gasteiger partial charge in [0.25, 0.3) is 15.6 Å². The first-order valence-electron chi connectivity index (χ1n) is 11.3. The number of nitrogens with one attached hydrogen (secondary N) is 2. The molecule has 4 aromatic rings. The summed E-state index contributed by atoms with van der Waals surface area (Å²) < 4.78 is 35.5. The number of ether oxygens (including phenoxy) is 1. The Morgan fingerprint density at radius 1 is 1.12 bits per heavy atom. The number of anilines is 1. The zero-order valence-corrected chi connectivity index (χ0v) is 31.2. The number of fused-ring (bicyclic) bond motifs is 1. The van der Waals surface area contributed by atoms with Crippen molar-refractivity contribution in [1.29, 1.82) is 0 Å². The molecular weight excluding hydrogens is 920 g/mol. The van der Waals surface area contributed by atoms with E-state index in [1.807, 2.05) is 0 Å². The van der Waals surface area contributed by atoms with E-state index < -0.39 is 15.9 Å². The van der Waals surface area contributed by atoms with Crippen molar-refractivity contribution in [3.63, 3.8) is 0 Å². The predicted octanol–water partition coefficient (Wildman–Crippen LogP) is 4.26. The molecule has 3 heterocycles. The first-order valence-corrected chi connectivity index (χ1v) is 13.6. The zero-order valence-electron chi connectivity index (χ0n) is 23.7. The standard InChI is InChI=1S/C24H26N6O5S2.CH4.2CH3.2W/c1-13(21(31)25-4)11-30-12-27-19-7-6-16(8-18(19)23(30)32)17-9-20(22(35-5)26-10-17)29-37(33,34)24-14(2)28-15(3)36-24;;;;;/h6-10,12-13,29H,11H2,1-5H3,(H,25,31);1H4;2*1H3;;/q;;2*-1;;/t13-;;;;;/m0...../s1. The Labute approximate surface area is 280 Å². The van der Waals surface area contributed by atoms with Crippen LogP contribution in [-0.2, 0) is 63.5 Å². The van der Waals surface area contributed by atoms with E-state index >= 15 is 0 Å². The molecule has 4 rings (SSSR count). The molecule has 3 aromatic heterocycles. The van der Waals surface area contributed by atoms with E-state index in [4.69, 9.17) is 4.74 Å². The molecule has 0 unspecified atom stereocenters. The van der Waals surface area contributed by atoms with Crippen molar-refractivity contribution in [1.82, 2.24) is 24.8 Å². The van der Waals surface area contributed by atoms with Crippen molar-refractivity contribution in [2.75, 3.05) is 18.9 Å². The van der Waals surface area contributed by atoms with Crippen LogP contribution in [-0.4, -0.2) is 48.0 Å². The summed E-state index contributed by atoms with van der Waals surface area (Å²) in [6, 6.07) is 6.74. The van der Waals surface area contributed by atoms with Crippen LogP contribution in [0.15, 0.2) is 45.8 Å². The van der Waals surface area contributed by atoms with Gasteiger partial charge in [0.2, 0.25) is 11.8 Å². The van der Waals surface area contributed by atoms with Crippen LogP contribution in [0, 0.1) is 34.6 Å². The van der Waals surface area contributed by atoms with Crippen LogP contribution in [0.3, 0.4) is 0 Å². The number of benzene rings is 1. The number of sulfonamides is 1. The number of hydrogen-bond acceptors (Lipinski definition) is 9. The molecule has 230 valence electrons. The van der Waals surface area contributed by atoms with Gasteiger partial charge in [-0.2, -0.15) is 0 Å². The number of carbonyl (C=O) groups excluding carboxylic acids is 1. The fraction of sp³-hybridized carbons (Fsp3) is 0.296. The van der Waals surface area contributed by atoms with Gasteiger partial charge in [0.1, 0.15) is 5.69 Å². The molecule has 42 heavy (non-hydrogen) atoms. The molecular formula is C27H36N6O5S2W2-2. The zero-order chi connectivity index (χ0) is 26.9. The average molecular weight is 956 g/mol. The first-order chi connectivity index (χ1) is 17.5. The number of carbonyl (C=O) groups is 1. The molecule has 0 bridgehead atoms. The number of thiazole rings is 1. The maximum absolute atomic E-state index is 13.2. The van der Waals surface area contributed by atoms with Gasteiger partial charge in [-0.15, -0.1) is 11.3 Å². The van der Waals surface area contributed by atoms with Gasteiger partial charge < -0.3 is 24.9 Å². The number of rotatable bonds is 8. The van der Waals surface area contributed by atoms with Crippen molar-refractivity contribution in [2.45, 2.75) is 39.0 Å². The minimum absolute atomic E-state index is 0. The first kappa shape index (κ1) is 41.7. The van der Waals surface area contributed by atoms with Crippen molar-refractivity contribution in [3.05, 3.63) is 72.7 Å². The minimum Gasteiger partial charge on any atom is -0.480 e. The van der Waals surface area contributed by atoms with Crippen LogP contribution >= 0.6 is 11.3 Å². The Bertz CT molecular complexity index is 1680. The van der Waals surface area contributed by atoms with Crippen LogP contribution in [0.4, 0.5) is 5.69 Å². The second-order valence-electron chi connectivity index (χ2n) is 8.44. The predicted molar refractivity (Wildman–Crippen MR) is 161 cm³/mol. The summed E-state index contributed by atoms with van der Waals surface area (Å²) in [5.41, 5.74) is 1.95. The number of pyridine rings is 1. The Balaban J connectivity index is 0. The van der Waals surface area contributed by atoms with E-state index in [0.29, 0.717) is 32.7 Å². The van der Waals surface area contributed by atoms with Crippen LogP contribution in [0.25, 0.3) is 22.0 Å². The Morgan fingerprint density at radius 2 is 1.79 bits per heavy atom. The normalized spacial score (nSPS) is 10.9.